The van der Waals surface area contributed by atoms with E-state index in [1.165, 1.54) is 7.11 Å². The molecule has 0 aromatic heterocycles. The summed E-state index contributed by atoms with van der Waals surface area (Å²) in [4.78, 5) is 11.3. The smallest absolute Gasteiger partial charge is 0.309 e. The second kappa shape index (κ2) is 5.82. The third kappa shape index (κ3) is 4.27. The molecule has 1 aliphatic heterocycles. The summed E-state index contributed by atoms with van der Waals surface area (Å²) >= 11 is 0. The second-order valence-electron chi connectivity index (χ2n) is 4.78. The van der Waals surface area contributed by atoms with Crippen molar-refractivity contribution < 1.29 is 17.9 Å². The van der Waals surface area contributed by atoms with Gasteiger partial charge in [-0.05, 0) is 25.8 Å². The average molecular weight is 263 g/mol. The maximum atomic E-state index is 11.3. The molecule has 3 unspecified atom stereocenters. The quantitative estimate of drug-likeness (QED) is 0.718. The summed E-state index contributed by atoms with van der Waals surface area (Å²) in [6.45, 7) is 4.35. The van der Waals surface area contributed by atoms with E-state index in [0.29, 0.717) is 18.7 Å². The number of hydrogen-bond donors (Lipinski definition) is 1. The van der Waals surface area contributed by atoms with Gasteiger partial charge in [0.25, 0.3) is 0 Å². The molecule has 0 bridgehead atoms. The zero-order chi connectivity index (χ0) is 13.1. The third-order valence-corrected chi connectivity index (χ3v) is 5.22. The Morgan fingerprint density at radius 1 is 1.47 bits per heavy atom. The van der Waals surface area contributed by atoms with Crippen molar-refractivity contribution in [1.29, 1.82) is 0 Å². The molecule has 1 heterocycles. The van der Waals surface area contributed by atoms with Gasteiger partial charge in [0, 0.05) is 6.04 Å². The largest absolute Gasteiger partial charge is 0.469 e. The number of hydrogen-bond acceptors (Lipinski definition) is 5. The lowest BCUT2D eigenvalue weighted by Gasteiger charge is -2.20. The molecule has 3 atom stereocenters. The first-order valence-electron chi connectivity index (χ1n) is 5.87. The molecule has 1 saturated heterocycles. The van der Waals surface area contributed by atoms with Crippen molar-refractivity contribution in [2.75, 3.05) is 25.2 Å². The van der Waals surface area contributed by atoms with Gasteiger partial charge in [-0.3, -0.25) is 4.79 Å². The Hall–Kier alpha value is -0.620. The molecule has 17 heavy (non-hydrogen) atoms. The van der Waals surface area contributed by atoms with Gasteiger partial charge < -0.3 is 10.1 Å². The number of ether oxygens (including phenoxy) is 1. The first-order chi connectivity index (χ1) is 7.85. The molecule has 0 aromatic carbocycles. The van der Waals surface area contributed by atoms with Crippen molar-refractivity contribution in [2.24, 2.45) is 11.8 Å². The highest BCUT2D eigenvalue weighted by Crippen LogP contribution is 2.18. The van der Waals surface area contributed by atoms with Gasteiger partial charge in [-0.1, -0.05) is 6.92 Å². The first-order valence-corrected chi connectivity index (χ1v) is 7.69. The molecular formula is C11H21NO4S. The maximum absolute atomic E-state index is 11.3. The highest BCUT2D eigenvalue weighted by atomic mass is 32.2. The van der Waals surface area contributed by atoms with Crippen LogP contribution < -0.4 is 5.32 Å². The second-order valence-corrected chi connectivity index (χ2v) is 7.01. The first kappa shape index (κ1) is 14.4. The van der Waals surface area contributed by atoms with Gasteiger partial charge in [-0.15, -0.1) is 0 Å². The summed E-state index contributed by atoms with van der Waals surface area (Å²) < 4.78 is 27.2. The van der Waals surface area contributed by atoms with Gasteiger partial charge in [-0.25, -0.2) is 8.42 Å². The number of rotatable bonds is 5. The van der Waals surface area contributed by atoms with E-state index in [2.05, 4.69) is 10.1 Å². The maximum Gasteiger partial charge on any atom is 0.309 e. The molecule has 1 fully saturated rings. The van der Waals surface area contributed by atoms with Crippen molar-refractivity contribution in [3.8, 4) is 0 Å². The Morgan fingerprint density at radius 2 is 2.12 bits per heavy atom. The minimum atomic E-state index is -2.82. The molecule has 1 N–H and O–H groups in total. The Morgan fingerprint density at radius 3 is 2.59 bits per heavy atom. The molecule has 0 spiro atoms. The fourth-order valence-corrected chi connectivity index (χ4v) is 3.81. The van der Waals surface area contributed by atoms with Crippen LogP contribution in [0.1, 0.15) is 20.3 Å². The number of nitrogens with one attached hydrogen (secondary N) is 1. The van der Waals surface area contributed by atoms with E-state index in [9.17, 15) is 13.2 Å². The SMILES string of the molecule is COC(=O)C(C)C(C)NCC1CCS(=O)(=O)C1. The zero-order valence-electron chi connectivity index (χ0n) is 10.6. The van der Waals surface area contributed by atoms with Gasteiger partial charge >= 0.3 is 5.97 Å². The summed E-state index contributed by atoms with van der Waals surface area (Å²) in [5.74, 6) is 0.258. The van der Waals surface area contributed by atoms with E-state index < -0.39 is 9.84 Å². The van der Waals surface area contributed by atoms with Gasteiger partial charge in [0.15, 0.2) is 9.84 Å². The minimum absolute atomic E-state index is 0.00856. The fourth-order valence-electron chi connectivity index (χ4n) is 1.95. The summed E-state index contributed by atoms with van der Waals surface area (Å²) in [5, 5.41) is 3.21. The van der Waals surface area contributed by atoms with Crippen LogP contribution in [0.5, 0.6) is 0 Å². The molecule has 0 amide bonds. The van der Waals surface area contributed by atoms with Crippen LogP contribution in [0.25, 0.3) is 0 Å². The van der Waals surface area contributed by atoms with Crippen molar-refractivity contribution in [3.05, 3.63) is 0 Å². The number of methoxy groups -OCH3 is 1. The molecule has 5 nitrogen and oxygen atoms in total. The van der Waals surface area contributed by atoms with Crippen LogP contribution >= 0.6 is 0 Å². The van der Waals surface area contributed by atoms with Crippen LogP contribution in [0.3, 0.4) is 0 Å². The lowest BCUT2D eigenvalue weighted by molar-refractivity contribution is -0.145. The number of esters is 1. The van der Waals surface area contributed by atoms with Crippen LogP contribution in [0.2, 0.25) is 0 Å². The summed E-state index contributed by atoms with van der Waals surface area (Å²) in [5.41, 5.74) is 0. The van der Waals surface area contributed by atoms with E-state index in [-0.39, 0.29) is 29.6 Å². The van der Waals surface area contributed by atoms with Gasteiger partial charge in [0.05, 0.1) is 24.5 Å². The summed E-state index contributed by atoms with van der Waals surface area (Å²) in [7, 11) is -1.45. The predicted octanol–water partition coefficient (Wildman–Crippen LogP) is 0.208. The monoisotopic (exact) mass is 263 g/mol. The molecule has 1 rings (SSSR count). The molecule has 0 aliphatic carbocycles. The van der Waals surface area contributed by atoms with Crippen molar-refractivity contribution in [1.82, 2.24) is 5.32 Å². The van der Waals surface area contributed by atoms with E-state index in [4.69, 9.17) is 0 Å². The van der Waals surface area contributed by atoms with Crippen molar-refractivity contribution in [3.63, 3.8) is 0 Å². The number of carbonyl (C=O) groups excluding carboxylic acids is 1. The molecular weight excluding hydrogens is 242 g/mol. The molecule has 100 valence electrons. The molecule has 0 aromatic rings. The van der Waals surface area contributed by atoms with Crippen molar-refractivity contribution in [2.45, 2.75) is 26.3 Å². The Bertz CT molecular complexity index is 366. The average Bonchev–Trinajstić information content (AvgIpc) is 2.63. The Kier molecular flexibility index (Phi) is 4.94. The van der Waals surface area contributed by atoms with Crippen LogP contribution in [-0.2, 0) is 19.4 Å². The van der Waals surface area contributed by atoms with E-state index >= 15 is 0 Å². The molecule has 0 saturated carbocycles. The predicted molar refractivity (Wildman–Crippen MR) is 65.4 cm³/mol. The lowest BCUT2D eigenvalue weighted by atomic mass is 10.0. The van der Waals surface area contributed by atoms with E-state index in [0.717, 1.165) is 0 Å². The fraction of sp³-hybridized carbons (Fsp3) is 0.909. The number of carbonyl (C=O) groups is 1. The number of sulfone groups is 1. The van der Waals surface area contributed by atoms with Gasteiger partial charge in [-0.2, -0.15) is 0 Å². The van der Waals surface area contributed by atoms with Crippen LogP contribution in [0, 0.1) is 11.8 Å². The topological polar surface area (TPSA) is 72.5 Å². The van der Waals surface area contributed by atoms with E-state index in [1.54, 1.807) is 6.92 Å². The van der Waals surface area contributed by atoms with Gasteiger partial charge in [0.1, 0.15) is 0 Å². The van der Waals surface area contributed by atoms with Crippen LogP contribution in [0.15, 0.2) is 0 Å². The molecule has 0 radical (unpaired) electrons. The molecule has 6 heteroatoms. The lowest BCUT2D eigenvalue weighted by Crippen LogP contribution is -2.39. The summed E-state index contributed by atoms with van der Waals surface area (Å²) in [6.07, 6.45) is 0.717. The molecule has 1 aliphatic rings. The summed E-state index contributed by atoms with van der Waals surface area (Å²) in [6, 6.07) is -0.00856. The highest BCUT2D eigenvalue weighted by Gasteiger charge is 2.29. The minimum Gasteiger partial charge on any atom is -0.469 e. The standard InChI is InChI=1S/C11H21NO4S/c1-8(11(13)16-3)9(2)12-6-10-4-5-17(14,15)7-10/h8-10,12H,4-7H2,1-3H3. The van der Waals surface area contributed by atoms with Crippen molar-refractivity contribution >= 4 is 15.8 Å². The van der Waals surface area contributed by atoms with Gasteiger partial charge in [0.2, 0.25) is 0 Å². The third-order valence-electron chi connectivity index (χ3n) is 3.38. The Labute approximate surface area is 103 Å². The zero-order valence-corrected chi connectivity index (χ0v) is 11.4. The van der Waals surface area contributed by atoms with Crippen LogP contribution in [-0.4, -0.2) is 45.6 Å². The highest BCUT2D eigenvalue weighted by molar-refractivity contribution is 7.91. The van der Waals surface area contributed by atoms with Crippen LogP contribution in [0.4, 0.5) is 0 Å². The Balaban J connectivity index is 2.34. The van der Waals surface area contributed by atoms with E-state index in [1.807, 2.05) is 6.92 Å². The normalized spacial score (nSPS) is 26.4.